The number of fused-ring (bicyclic) bond motifs is 1. The molecule has 3 rings (SSSR count). The van der Waals surface area contributed by atoms with Crippen molar-refractivity contribution in [1.29, 1.82) is 0 Å². The average Bonchev–Trinajstić information content (AvgIpc) is 2.81. The van der Waals surface area contributed by atoms with Crippen LogP contribution in [0.15, 0.2) is 0 Å². The average molecular weight is 279 g/mol. The number of aryl methyl sites for hydroxylation is 2. The highest BCUT2D eigenvalue weighted by Crippen LogP contribution is 2.29. The van der Waals surface area contributed by atoms with E-state index in [1.54, 1.807) is 11.3 Å². The van der Waals surface area contributed by atoms with E-state index < -0.39 is 0 Å². The van der Waals surface area contributed by atoms with E-state index in [0.29, 0.717) is 12.3 Å². The number of anilines is 1. The summed E-state index contributed by atoms with van der Waals surface area (Å²) in [7, 11) is 0. The first-order chi connectivity index (χ1) is 9.31. The molecule has 0 aromatic carbocycles. The van der Waals surface area contributed by atoms with Gasteiger partial charge in [-0.05, 0) is 57.5 Å². The van der Waals surface area contributed by atoms with Crippen LogP contribution in [0.3, 0.4) is 0 Å². The Morgan fingerprint density at radius 2 is 2.26 bits per heavy atom. The van der Waals surface area contributed by atoms with Gasteiger partial charge >= 0.3 is 0 Å². The summed E-state index contributed by atoms with van der Waals surface area (Å²) in [4.78, 5) is 18.0. The molecule has 1 aliphatic carbocycles. The van der Waals surface area contributed by atoms with Gasteiger partial charge in [-0.1, -0.05) is 0 Å². The summed E-state index contributed by atoms with van der Waals surface area (Å²) in [5.41, 5.74) is 1.21. The summed E-state index contributed by atoms with van der Waals surface area (Å²) in [5.74, 6) is 0.614. The lowest BCUT2D eigenvalue weighted by Gasteiger charge is -2.21. The van der Waals surface area contributed by atoms with Crippen LogP contribution in [-0.2, 0) is 17.6 Å². The van der Waals surface area contributed by atoms with Crippen LogP contribution in [0.2, 0.25) is 0 Å². The number of rotatable bonds is 3. The van der Waals surface area contributed by atoms with Crippen molar-refractivity contribution in [1.82, 2.24) is 10.3 Å². The van der Waals surface area contributed by atoms with Crippen molar-refractivity contribution in [3.05, 3.63) is 10.6 Å². The van der Waals surface area contributed by atoms with Gasteiger partial charge in [-0.25, -0.2) is 4.98 Å². The number of piperidine rings is 1. The lowest BCUT2D eigenvalue weighted by molar-refractivity contribution is -0.117. The van der Waals surface area contributed by atoms with Crippen LogP contribution >= 0.6 is 11.3 Å². The number of carbonyl (C=O) groups excluding carboxylic acids is 1. The molecule has 1 unspecified atom stereocenters. The van der Waals surface area contributed by atoms with Gasteiger partial charge in [0.05, 0.1) is 5.69 Å². The van der Waals surface area contributed by atoms with Gasteiger partial charge in [-0.2, -0.15) is 0 Å². The fraction of sp³-hybridized carbons (Fsp3) is 0.714. The molecule has 0 saturated carbocycles. The quantitative estimate of drug-likeness (QED) is 0.893. The molecule has 1 aromatic heterocycles. The molecular formula is C14H21N3OS. The fourth-order valence-corrected chi connectivity index (χ4v) is 4.00. The van der Waals surface area contributed by atoms with Crippen LogP contribution in [0, 0.1) is 5.92 Å². The molecule has 1 fully saturated rings. The molecule has 1 atom stereocenters. The largest absolute Gasteiger partial charge is 0.316 e. The molecule has 0 spiro atoms. The van der Waals surface area contributed by atoms with Crippen LogP contribution < -0.4 is 10.6 Å². The molecule has 2 N–H and O–H groups in total. The van der Waals surface area contributed by atoms with Gasteiger partial charge < -0.3 is 10.6 Å². The molecule has 1 aromatic rings. The number of thiazole rings is 1. The van der Waals surface area contributed by atoms with E-state index in [0.717, 1.165) is 37.5 Å². The van der Waals surface area contributed by atoms with Gasteiger partial charge in [0, 0.05) is 11.3 Å². The Morgan fingerprint density at radius 3 is 3.05 bits per heavy atom. The molecule has 4 nitrogen and oxygen atoms in total. The van der Waals surface area contributed by atoms with E-state index in [2.05, 4.69) is 15.6 Å². The van der Waals surface area contributed by atoms with Crippen LogP contribution in [0.4, 0.5) is 5.13 Å². The predicted molar refractivity (Wildman–Crippen MR) is 77.6 cm³/mol. The van der Waals surface area contributed by atoms with Gasteiger partial charge in [-0.3, -0.25) is 4.79 Å². The van der Waals surface area contributed by atoms with Crippen LogP contribution in [0.5, 0.6) is 0 Å². The second-order valence-corrected chi connectivity index (χ2v) is 6.64. The van der Waals surface area contributed by atoms with Crippen LogP contribution in [0.25, 0.3) is 0 Å². The monoisotopic (exact) mass is 279 g/mol. The third-order valence-electron chi connectivity index (χ3n) is 3.97. The molecule has 19 heavy (non-hydrogen) atoms. The summed E-state index contributed by atoms with van der Waals surface area (Å²) < 4.78 is 0. The van der Waals surface area contributed by atoms with Gasteiger partial charge in [0.15, 0.2) is 5.13 Å². The molecule has 0 bridgehead atoms. The van der Waals surface area contributed by atoms with E-state index in [1.807, 2.05) is 0 Å². The number of amides is 1. The Hall–Kier alpha value is -0.940. The second kappa shape index (κ2) is 6.01. The zero-order valence-corrected chi connectivity index (χ0v) is 12.0. The Bertz CT molecular complexity index is 428. The minimum atomic E-state index is 0.125. The summed E-state index contributed by atoms with van der Waals surface area (Å²) >= 11 is 1.67. The molecule has 2 aliphatic rings. The van der Waals surface area contributed by atoms with Crippen molar-refractivity contribution in [2.45, 2.75) is 44.9 Å². The van der Waals surface area contributed by atoms with E-state index >= 15 is 0 Å². The van der Waals surface area contributed by atoms with Crippen molar-refractivity contribution >= 4 is 22.4 Å². The minimum absolute atomic E-state index is 0.125. The summed E-state index contributed by atoms with van der Waals surface area (Å²) in [6, 6.07) is 0. The SMILES string of the molecule is O=C(CC1CCCNC1)Nc1nc2c(s1)CCCC2. The highest BCUT2D eigenvalue weighted by atomic mass is 32.1. The molecule has 1 amide bonds. The number of nitrogens with one attached hydrogen (secondary N) is 2. The van der Waals surface area contributed by atoms with E-state index in [4.69, 9.17) is 0 Å². The van der Waals surface area contributed by atoms with Crippen molar-refractivity contribution < 1.29 is 4.79 Å². The lowest BCUT2D eigenvalue weighted by atomic mass is 9.96. The van der Waals surface area contributed by atoms with Crippen LogP contribution in [0.1, 0.15) is 42.7 Å². The Kier molecular flexibility index (Phi) is 4.13. The normalized spacial score (nSPS) is 22.8. The fourth-order valence-electron chi connectivity index (χ4n) is 2.94. The third kappa shape index (κ3) is 3.34. The van der Waals surface area contributed by atoms with E-state index in [9.17, 15) is 4.79 Å². The first kappa shape index (κ1) is 13.1. The minimum Gasteiger partial charge on any atom is -0.316 e. The maximum atomic E-state index is 12.0. The smallest absolute Gasteiger partial charge is 0.226 e. The summed E-state index contributed by atoms with van der Waals surface area (Å²) in [6.45, 7) is 2.07. The van der Waals surface area contributed by atoms with Crippen molar-refractivity contribution in [3.8, 4) is 0 Å². The number of hydrogen-bond donors (Lipinski definition) is 2. The molecule has 5 heteroatoms. The molecule has 2 heterocycles. The van der Waals surface area contributed by atoms with Gasteiger partial charge in [-0.15, -0.1) is 11.3 Å². The number of aromatic nitrogens is 1. The predicted octanol–water partition coefficient (Wildman–Crippen LogP) is 2.35. The number of hydrogen-bond acceptors (Lipinski definition) is 4. The highest BCUT2D eigenvalue weighted by Gasteiger charge is 2.19. The van der Waals surface area contributed by atoms with Crippen LogP contribution in [-0.4, -0.2) is 24.0 Å². The second-order valence-electron chi connectivity index (χ2n) is 5.56. The topological polar surface area (TPSA) is 54.0 Å². The van der Waals surface area contributed by atoms with E-state index in [-0.39, 0.29) is 5.91 Å². The number of carbonyl (C=O) groups is 1. The van der Waals surface area contributed by atoms with Crippen molar-refractivity contribution in [2.75, 3.05) is 18.4 Å². The maximum absolute atomic E-state index is 12.0. The highest BCUT2D eigenvalue weighted by molar-refractivity contribution is 7.15. The van der Waals surface area contributed by atoms with Gasteiger partial charge in [0.25, 0.3) is 0 Å². The van der Waals surface area contributed by atoms with E-state index in [1.165, 1.54) is 29.8 Å². The first-order valence-electron chi connectivity index (χ1n) is 7.30. The first-order valence-corrected chi connectivity index (χ1v) is 8.12. The summed E-state index contributed by atoms with van der Waals surface area (Å²) in [5, 5.41) is 7.14. The lowest BCUT2D eigenvalue weighted by Crippen LogP contribution is -2.32. The van der Waals surface area contributed by atoms with Crippen molar-refractivity contribution in [3.63, 3.8) is 0 Å². The molecular weight excluding hydrogens is 258 g/mol. The maximum Gasteiger partial charge on any atom is 0.226 e. The zero-order valence-electron chi connectivity index (χ0n) is 11.2. The summed E-state index contributed by atoms with van der Waals surface area (Å²) in [6.07, 6.45) is 7.67. The van der Waals surface area contributed by atoms with Gasteiger partial charge in [0.2, 0.25) is 5.91 Å². The Balaban J connectivity index is 1.55. The number of nitrogens with zero attached hydrogens (tertiary/aromatic N) is 1. The van der Waals surface area contributed by atoms with Gasteiger partial charge in [0.1, 0.15) is 0 Å². The third-order valence-corrected chi connectivity index (χ3v) is 5.04. The molecule has 104 valence electrons. The molecule has 1 saturated heterocycles. The van der Waals surface area contributed by atoms with Crippen molar-refractivity contribution in [2.24, 2.45) is 5.92 Å². The molecule has 1 aliphatic heterocycles. The Labute approximate surface area is 118 Å². The standard InChI is InChI=1S/C14H21N3OS/c18-13(8-10-4-3-7-15-9-10)17-14-16-11-5-1-2-6-12(11)19-14/h10,15H,1-9H2,(H,16,17,18). The zero-order chi connectivity index (χ0) is 13.1. The Morgan fingerprint density at radius 1 is 1.37 bits per heavy atom. The molecule has 0 radical (unpaired) electrons.